The van der Waals surface area contributed by atoms with E-state index in [4.69, 9.17) is 15.3 Å². The summed E-state index contributed by atoms with van der Waals surface area (Å²) in [6.07, 6.45) is 0. The third-order valence-corrected chi connectivity index (χ3v) is 2.24. The highest BCUT2D eigenvalue weighted by molar-refractivity contribution is 5.92. The van der Waals surface area contributed by atoms with Crippen molar-refractivity contribution in [2.45, 2.75) is 0 Å². The van der Waals surface area contributed by atoms with E-state index in [-0.39, 0.29) is 12.3 Å². The molecule has 1 rings (SSSR count). The molecule has 8 nitrogen and oxygen atoms in total. The number of nitrogens with zero attached hydrogens (tertiary/aromatic N) is 1. The van der Waals surface area contributed by atoms with Gasteiger partial charge in [0.1, 0.15) is 5.75 Å². The van der Waals surface area contributed by atoms with Gasteiger partial charge in [-0.15, -0.1) is 0 Å². The van der Waals surface area contributed by atoms with Crippen LogP contribution in [0.3, 0.4) is 0 Å². The van der Waals surface area contributed by atoms with Gasteiger partial charge in [0.2, 0.25) is 5.91 Å². The summed E-state index contributed by atoms with van der Waals surface area (Å²) < 4.78 is 0. The molecule has 0 fully saturated rings. The van der Waals surface area contributed by atoms with Crippen LogP contribution in [-0.2, 0) is 14.4 Å². The van der Waals surface area contributed by atoms with E-state index in [1.54, 1.807) is 0 Å². The molecule has 0 atom stereocenters. The summed E-state index contributed by atoms with van der Waals surface area (Å²) in [4.78, 5) is 33.8. The Morgan fingerprint density at radius 2 is 1.45 bits per heavy atom. The Bertz CT molecular complexity index is 483. The minimum Gasteiger partial charge on any atom is -0.508 e. The number of carboxylic acids is 2. The van der Waals surface area contributed by atoms with Crippen LogP contribution in [-0.4, -0.2) is 57.7 Å². The zero-order chi connectivity index (χ0) is 15.1. The molecular formula is C12H14N2O6. The van der Waals surface area contributed by atoms with Gasteiger partial charge in [0.15, 0.2) is 0 Å². The lowest BCUT2D eigenvalue weighted by atomic mass is 10.3. The molecule has 20 heavy (non-hydrogen) atoms. The van der Waals surface area contributed by atoms with Crippen LogP contribution in [0.5, 0.6) is 5.75 Å². The number of carbonyl (C=O) groups excluding carboxylic acids is 1. The molecule has 0 heterocycles. The summed E-state index contributed by atoms with van der Waals surface area (Å²) in [5, 5.41) is 28.8. The van der Waals surface area contributed by atoms with Crippen molar-refractivity contribution < 1.29 is 29.7 Å². The third kappa shape index (κ3) is 5.83. The van der Waals surface area contributed by atoms with E-state index in [1.165, 1.54) is 24.3 Å². The van der Waals surface area contributed by atoms with Crippen molar-refractivity contribution in [3.8, 4) is 5.75 Å². The number of amides is 1. The molecule has 1 aromatic rings. The first-order valence-electron chi connectivity index (χ1n) is 5.61. The van der Waals surface area contributed by atoms with Crippen molar-refractivity contribution >= 4 is 23.5 Å². The van der Waals surface area contributed by atoms with Crippen LogP contribution in [0.4, 0.5) is 5.69 Å². The van der Waals surface area contributed by atoms with E-state index in [0.29, 0.717) is 5.69 Å². The molecule has 1 amide bonds. The number of aromatic hydroxyl groups is 1. The van der Waals surface area contributed by atoms with Gasteiger partial charge >= 0.3 is 11.9 Å². The monoisotopic (exact) mass is 282 g/mol. The Morgan fingerprint density at radius 3 is 1.90 bits per heavy atom. The predicted octanol–water partition coefficient (Wildman–Crippen LogP) is -0.198. The van der Waals surface area contributed by atoms with Gasteiger partial charge in [-0.3, -0.25) is 19.3 Å². The maximum absolute atomic E-state index is 11.7. The molecule has 0 radical (unpaired) electrons. The zero-order valence-corrected chi connectivity index (χ0v) is 10.4. The van der Waals surface area contributed by atoms with Crippen LogP contribution >= 0.6 is 0 Å². The van der Waals surface area contributed by atoms with Crippen LogP contribution in [0.25, 0.3) is 0 Å². The van der Waals surface area contributed by atoms with Gasteiger partial charge in [0.05, 0.1) is 19.6 Å². The Kier molecular flexibility index (Phi) is 5.48. The highest BCUT2D eigenvalue weighted by Gasteiger charge is 2.16. The topological polar surface area (TPSA) is 127 Å². The molecule has 0 aliphatic heterocycles. The summed E-state index contributed by atoms with van der Waals surface area (Å²) in [6.45, 7) is -1.45. The third-order valence-electron chi connectivity index (χ3n) is 2.24. The van der Waals surface area contributed by atoms with E-state index in [9.17, 15) is 14.4 Å². The Labute approximate surface area is 114 Å². The first-order valence-corrected chi connectivity index (χ1v) is 5.61. The Balaban J connectivity index is 2.58. The smallest absolute Gasteiger partial charge is 0.317 e. The molecule has 0 aliphatic rings. The van der Waals surface area contributed by atoms with Crippen molar-refractivity contribution in [2.24, 2.45) is 0 Å². The number of phenols is 1. The summed E-state index contributed by atoms with van der Waals surface area (Å²) in [5.41, 5.74) is 0.415. The van der Waals surface area contributed by atoms with Crippen LogP contribution in [0.15, 0.2) is 24.3 Å². The Hall–Kier alpha value is -2.61. The molecule has 0 saturated carbocycles. The lowest BCUT2D eigenvalue weighted by Crippen LogP contribution is -2.40. The minimum absolute atomic E-state index is 0.0429. The fraction of sp³-hybridized carbons (Fsp3) is 0.250. The van der Waals surface area contributed by atoms with Crippen molar-refractivity contribution in [1.29, 1.82) is 0 Å². The Morgan fingerprint density at radius 1 is 0.950 bits per heavy atom. The zero-order valence-electron chi connectivity index (χ0n) is 10.4. The van der Waals surface area contributed by atoms with Crippen molar-refractivity contribution in [2.75, 3.05) is 25.0 Å². The summed E-state index contributed by atoms with van der Waals surface area (Å²) in [5.74, 6) is -2.94. The standard InChI is InChI=1S/C12H14N2O6/c15-9-3-1-8(2-4-9)13-10(16)5-14(6-11(17)18)7-12(19)20/h1-4,15H,5-7H2,(H,13,16)(H,17,18)(H,19,20). The molecule has 0 aromatic heterocycles. The summed E-state index contributed by atoms with van der Waals surface area (Å²) in [7, 11) is 0. The number of carboxylic acid groups (broad SMARTS) is 2. The first-order chi connectivity index (χ1) is 9.36. The van der Waals surface area contributed by atoms with Gasteiger partial charge in [0.25, 0.3) is 0 Å². The van der Waals surface area contributed by atoms with Crippen LogP contribution in [0.2, 0.25) is 0 Å². The molecular weight excluding hydrogens is 268 g/mol. The number of phenolic OH excluding ortho intramolecular Hbond substituents is 1. The number of anilines is 1. The molecule has 0 aliphatic carbocycles. The summed E-state index contributed by atoms with van der Waals surface area (Å²) >= 11 is 0. The van der Waals surface area contributed by atoms with Gasteiger partial charge in [-0.25, -0.2) is 0 Å². The molecule has 4 N–H and O–H groups in total. The second kappa shape index (κ2) is 7.10. The lowest BCUT2D eigenvalue weighted by Gasteiger charge is -2.17. The van der Waals surface area contributed by atoms with E-state index in [0.717, 1.165) is 4.90 Å². The number of rotatable bonds is 7. The molecule has 0 spiro atoms. The van der Waals surface area contributed by atoms with Crippen LogP contribution in [0, 0.1) is 0 Å². The van der Waals surface area contributed by atoms with Gasteiger partial charge in [0, 0.05) is 5.69 Å². The molecule has 0 saturated heterocycles. The first kappa shape index (κ1) is 15.4. The number of aliphatic carboxylic acids is 2. The van der Waals surface area contributed by atoms with E-state index in [1.807, 2.05) is 0 Å². The fourth-order valence-corrected chi connectivity index (χ4v) is 1.50. The van der Waals surface area contributed by atoms with Crippen LogP contribution < -0.4 is 5.32 Å². The number of carbonyl (C=O) groups is 3. The van der Waals surface area contributed by atoms with Crippen molar-refractivity contribution in [1.82, 2.24) is 4.90 Å². The second-order valence-electron chi connectivity index (χ2n) is 4.03. The van der Waals surface area contributed by atoms with Crippen molar-refractivity contribution in [3.63, 3.8) is 0 Å². The van der Waals surface area contributed by atoms with E-state index in [2.05, 4.69) is 5.32 Å². The molecule has 0 bridgehead atoms. The minimum atomic E-state index is -1.22. The highest BCUT2D eigenvalue weighted by Crippen LogP contribution is 2.13. The number of hydrogen-bond acceptors (Lipinski definition) is 5. The van der Waals surface area contributed by atoms with Gasteiger partial charge < -0.3 is 20.6 Å². The van der Waals surface area contributed by atoms with Gasteiger partial charge in [-0.2, -0.15) is 0 Å². The van der Waals surface area contributed by atoms with Crippen LogP contribution in [0.1, 0.15) is 0 Å². The normalized spacial score (nSPS) is 10.2. The highest BCUT2D eigenvalue weighted by atomic mass is 16.4. The lowest BCUT2D eigenvalue weighted by molar-refractivity contribution is -0.142. The number of hydrogen-bond donors (Lipinski definition) is 4. The molecule has 8 heteroatoms. The van der Waals surface area contributed by atoms with Gasteiger partial charge in [-0.05, 0) is 24.3 Å². The second-order valence-corrected chi connectivity index (χ2v) is 4.03. The molecule has 0 unspecified atom stereocenters. The maximum atomic E-state index is 11.7. The van der Waals surface area contributed by atoms with Gasteiger partial charge in [-0.1, -0.05) is 0 Å². The molecule has 108 valence electrons. The predicted molar refractivity (Wildman–Crippen MR) is 68.4 cm³/mol. The average Bonchev–Trinajstić information content (AvgIpc) is 2.30. The van der Waals surface area contributed by atoms with Crippen molar-refractivity contribution in [3.05, 3.63) is 24.3 Å². The number of benzene rings is 1. The molecule has 1 aromatic carbocycles. The fourth-order valence-electron chi connectivity index (χ4n) is 1.50. The quantitative estimate of drug-likeness (QED) is 0.510. The largest absolute Gasteiger partial charge is 0.508 e. The number of nitrogens with one attached hydrogen (secondary N) is 1. The van der Waals surface area contributed by atoms with E-state index < -0.39 is 30.9 Å². The SMILES string of the molecule is O=C(O)CN(CC(=O)O)CC(=O)Nc1ccc(O)cc1. The average molecular weight is 282 g/mol. The van der Waals surface area contributed by atoms with E-state index >= 15 is 0 Å². The maximum Gasteiger partial charge on any atom is 0.317 e. The summed E-state index contributed by atoms with van der Waals surface area (Å²) in [6, 6.07) is 5.68.